The monoisotopic (exact) mass is 308 g/mol. The van der Waals surface area contributed by atoms with E-state index in [-0.39, 0.29) is 10.3 Å². The van der Waals surface area contributed by atoms with Gasteiger partial charge in [-0.1, -0.05) is 0 Å². The SMILES string of the molecule is O=S(c1ccc(F)c(C(F)(F)F)c1)N1CC2(CNC2)C1. The smallest absolute Gasteiger partial charge is 0.315 e. The first-order valence-corrected chi connectivity index (χ1v) is 7.16. The molecular weight excluding hydrogens is 296 g/mol. The summed E-state index contributed by atoms with van der Waals surface area (Å²) in [5.74, 6) is -1.35. The Hall–Kier alpha value is -0.990. The van der Waals surface area contributed by atoms with E-state index >= 15 is 0 Å². The molecule has 0 bridgehead atoms. The maximum absolute atomic E-state index is 13.2. The molecule has 3 rings (SSSR count). The van der Waals surface area contributed by atoms with Crippen LogP contribution < -0.4 is 5.32 Å². The Kier molecular flexibility index (Phi) is 3.15. The van der Waals surface area contributed by atoms with Crippen LogP contribution in [0.4, 0.5) is 17.6 Å². The van der Waals surface area contributed by atoms with Gasteiger partial charge in [0, 0.05) is 31.6 Å². The highest BCUT2D eigenvalue weighted by Gasteiger charge is 2.49. The van der Waals surface area contributed by atoms with Gasteiger partial charge < -0.3 is 5.32 Å². The molecule has 0 saturated carbocycles. The lowest BCUT2D eigenvalue weighted by Gasteiger charge is -2.55. The van der Waals surface area contributed by atoms with Crippen molar-refractivity contribution >= 4 is 11.0 Å². The van der Waals surface area contributed by atoms with Gasteiger partial charge in [-0.25, -0.2) is 12.9 Å². The van der Waals surface area contributed by atoms with Crippen molar-refractivity contribution in [1.82, 2.24) is 9.62 Å². The predicted molar refractivity (Wildman–Crippen MR) is 64.7 cm³/mol. The van der Waals surface area contributed by atoms with Gasteiger partial charge in [-0.3, -0.25) is 0 Å². The van der Waals surface area contributed by atoms with E-state index in [2.05, 4.69) is 5.32 Å². The van der Waals surface area contributed by atoms with Crippen molar-refractivity contribution in [3.63, 3.8) is 0 Å². The lowest BCUT2D eigenvalue weighted by atomic mass is 9.76. The summed E-state index contributed by atoms with van der Waals surface area (Å²) >= 11 is 0. The first-order chi connectivity index (χ1) is 9.31. The fraction of sp³-hybridized carbons (Fsp3) is 0.500. The van der Waals surface area contributed by atoms with Crippen molar-refractivity contribution in [3.05, 3.63) is 29.6 Å². The summed E-state index contributed by atoms with van der Waals surface area (Å²) in [6.07, 6.45) is -4.78. The molecule has 0 amide bonds. The topological polar surface area (TPSA) is 32.3 Å². The average Bonchev–Trinajstić information content (AvgIpc) is 2.23. The van der Waals surface area contributed by atoms with Crippen molar-refractivity contribution in [1.29, 1.82) is 0 Å². The van der Waals surface area contributed by atoms with Crippen LogP contribution in [0, 0.1) is 11.2 Å². The third-order valence-corrected chi connectivity index (χ3v) is 5.09. The second kappa shape index (κ2) is 4.51. The van der Waals surface area contributed by atoms with E-state index in [1.54, 1.807) is 4.31 Å². The highest BCUT2D eigenvalue weighted by Crippen LogP contribution is 2.37. The largest absolute Gasteiger partial charge is 0.419 e. The molecule has 110 valence electrons. The van der Waals surface area contributed by atoms with E-state index in [1.165, 1.54) is 0 Å². The molecule has 1 spiro atoms. The molecule has 1 aromatic rings. The zero-order chi connectivity index (χ0) is 14.5. The van der Waals surface area contributed by atoms with E-state index in [0.717, 1.165) is 25.2 Å². The molecule has 20 heavy (non-hydrogen) atoms. The van der Waals surface area contributed by atoms with Gasteiger partial charge in [0.1, 0.15) is 16.8 Å². The minimum Gasteiger partial charge on any atom is -0.315 e. The molecule has 2 aliphatic rings. The first-order valence-electron chi connectivity index (χ1n) is 6.05. The van der Waals surface area contributed by atoms with Gasteiger partial charge in [-0.15, -0.1) is 0 Å². The Labute approximate surface area is 115 Å². The summed E-state index contributed by atoms with van der Waals surface area (Å²) in [5.41, 5.74) is -1.24. The standard InChI is InChI=1S/C12H12F4N2OS/c13-10-2-1-8(3-9(10)12(14,15)16)20(19)18-6-11(7-18)4-17-5-11/h1-3,17H,4-7H2. The zero-order valence-corrected chi connectivity index (χ0v) is 11.2. The summed E-state index contributed by atoms with van der Waals surface area (Å²) in [5, 5.41) is 3.12. The number of alkyl halides is 3. The number of nitrogens with one attached hydrogen (secondary N) is 1. The highest BCUT2D eigenvalue weighted by molar-refractivity contribution is 7.82. The molecule has 2 heterocycles. The molecule has 0 aliphatic carbocycles. The fourth-order valence-electron chi connectivity index (χ4n) is 2.50. The molecule has 8 heteroatoms. The lowest BCUT2D eigenvalue weighted by Crippen LogP contribution is -2.71. The Balaban J connectivity index is 1.79. The van der Waals surface area contributed by atoms with Crippen molar-refractivity contribution in [2.45, 2.75) is 11.1 Å². The molecule has 0 radical (unpaired) electrons. The van der Waals surface area contributed by atoms with Crippen molar-refractivity contribution in [2.24, 2.45) is 5.41 Å². The molecule has 2 fully saturated rings. The molecule has 1 aromatic carbocycles. The Morgan fingerprint density at radius 1 is 1.25 bits per heavy atom. The molecule has 1 atom stereocenters. The van der Waals surface area contributed by atoms with Crippen molar-refractivity contribution in [3.8, 4) is 0 Å². The minimum absolute atomic E-state index is 0.0131. The van der Waals surface area contributed by atoms with Gasteiger partial charge in [0.2, 0.25) is 0 Å². The molecule has 1 unspecified atom stereocenters. The van der Waals surface area contributed by atoms with E-state index in [1.807, 2.05) is 0 Å². The van der Waals surface area contributed by atoms with Crippen LogP contribution >= 0.6 is 0 Å². The zero-order valence-electron chi connectivity index (χ0n) is 10.3. The molecule has 3 nitrogen and oxygen atoms in total. The molecule has 0 aromatic heterocycles. The van der Waals surface area contributed by atoms with Crippen LogP contribution in [0.2, 0.25) is 0 Å². The number of halogens is 4. The molecular formula is C12H12F4N2OS. The van der Waals surface area contributed by atoms with E-state index in [0.29, 0.717) is 19.2 Å². The average molecular weight is 308 g/mol. The summed E-state index contributed by atoms with van der Waals surface area (Å²) in [6.45, 7) is 2.87. The van der Waals surface area contributed by atoms with Gasteiger partial charge in [0.05, 0.1) is 10.5 Å². The summed E-state index contributed by atoms with van der Waals surface area (Å²) in [4.78, 5) is -0.0131. The number of hydrogen-bond donors (Lipinski definition) is 1. The van der Waals surface area contributed by atoms with Crippen molar-refractivity contribution in [2.75, 3.05) is 26.2 Å². The Morgan fingerprint density at radius 3 is 2.40 bits per heavy atom. The fourth-order valence-corrected chi connectivity index (χ4v) is 3.98. The number of hydrogen-bond acceptors (Lipinski definition) is 2. The molecule has 2 saturated heterocycles. The van der Waals surface area contributed by atoms with Crippen LogP contribution in [-0.4, -0.2) is 34.7 Å². The first kappa shape index (κ1) is 14.0. The van der Waals surface area contributed by atoms with Crippen molar-refractivity contribution < 1.29 is 21.8 Å². The normalized spacial score (nSPS) is 23.2. The second-order valence-corrected chi connectivity index (χ2v) is 6.78. The maximum Gasteiger partial charge on any atom is 0.419 e. The van der Waals surface area contributed by atoms with Gasteiger partial charge in [0.15, 0.2) is 0 Å². The second-order valence-electron chi connectivity index (χ2n) is 5.29. The van der Waals surface area contributed by atoms with E-state index < -0.39 is 28.5 Å². The lowest BCUT2D eigenvalue weighted by molar-refractivity contribution is -0.140. The summed E-state index contributed by atoms with van der Waals surface area (Å²) in [7, 11) is -1.67. The Bertz CT molecular complexity index is 563. The van der Waals surface area contributed by atoms with Crippen LogP contribution in [0.1, 0.15) is 5.56 Å². The van der Waals surface area contributed by atoms with Gasteiger partial charge in [-0.05, 0) is 18.2 Å². The Morgan fingerprint density at radius 2 is 1.90 bits per heavy atom. The third-order valence-electron chi connectivity index (χ3n) is 3.70. The molecule has 2 aliphatic heterocycles. The van der Waals surface area contributed by atoms with Crippen LogP contribution in [0.15, 0.2) is 23.1 Å². The van der Waals surface area contributed by atoms with Crippen LogP contribution in [0.25, 0.3) is 0 Å². The van der Waals surface area contributed by atoms with Gasteiger partial charge >= 0.3 is 6.18 Å². The quantitative estimate of drug-likeness (QED) is 0.845. The summed E-state index contributed by atoms with van der Waals surface area (Å²) < 4.78 is 64.8. The third kappa shape index (κ3) is 2.25. The number of benzene rings is 1. The van der Waals surface area contributed by atoms with Crippen LogP contribution in [0.5, 0.6) is 0 Å². The van der Waals surface area contributed by atoms with Gasteiger partial charge in [-0.2, -0.15) is 13.2 Å². The van der Waals surface area contributed by atoms with Crippen LogP contribution in [-0.2, 0) is 17.2 Å². The maximum atomic E-state index is 13.2. The van der Waals surface area contributed by atoms with E-state index in [9.17, 15) is 21.8 Å². The van der Waals surface area contributed by atoms with E-state index in [4.69, 9.17) is 0 Å². The predicted octanol–water partition coefficient (Wildman–Crippen LogP) is 1.77. The highest BCUT2D eigenvalue weighted by atomic mass is 32.2. The summed E-state index contributed by atoms with van der Waals surface area (Å²) in [6, 6.07) is 2.50. The van der Waals surface area contributed by atoms with Gasteiger partial charge in [0.25, 0.3) is 0 Å². The van der Waals surface area contributed by atoms with Crippen LogP contribution in [0.3, 0.4) is 0 Å². The number of rotatable bonds is 2. The molecule has 1 N–H and O–H groups in total. The number of nitrogens with zero attached hydrogens (tertiary/aromatic N) is 1. The minimum atomic E-state index is -4.78.